The minimum Gasteiger partial charge on any atom is -0.507 e. The fraction of sp³-hybridized carbons (Fsp3) is 0.120. The number of alkyl halides is 3. The first-order valence-electron chi connectivity index (χ1n) is 10.7. The number of aliphatic hydroxyl groups is 1. The number of ether oxygens (including phenoxy) is 1. The van der Waals surface area contributed by atoms with Crippen molar-refractivity contribution in [2.45, 2.75) is 13.1 Å². The highest BCUT2D eigenvalue weighted by Gasteiger charge is 2.36. The molecule has 0 spiro atoms. The third-order valence-electron chi connectivity index (χ3n) is 5.53. The minimum atomic E-state index is -4.67. The molecule has 37 heavy (non-hydrogen) atoms. The van der Waals surface area contributed by atoms with E-state index in [0.29, 0.717) is 15.9 Å². The second-order valence-electron chi connectivity index (χ2n) is 7.88. The number of allylic oxidation sites excluding steroid dienone is 1. The van der Waals surface area contributed by atoms with Crippen LogP contribution in [0.5, 0.6) is 0 Å². The lowest BCUT2D eigenvalue weighted by atomic mass is 10.1. The largest absolute Gasteiger partial charge is 0.507 e. The number of pyridine rings is 1. The number of thiophene rings is 2. The topological polar surface area (TPSA) is 112 Å². The number of nitrogens with zero attached hydrogens (tertiary/aromatic N) is 3. The number of fused-ring (bicyclic) bond motifs is 2. The van der Waals surface area contributed by atoms with Crippen molar-refractivity contribution in [3.63, 3.8) is 0 Å². The van der Waals surface area contributed by atoms with Crippen LogP contribution in [0.1, 0.15) is 26.6 Å². The second kappa shape index (κ2) is 9.34. The maximum atomic E-state index is 13.9. The van der Waals surface area contributed by atoms with Crippen LogP contribution in [0.4, 0.5) is 13.2 Å². The molecule has 4 aromatic heterocycles. The fourth-order valence-corrected chi connectivity index (χ4v) is 5.60. The van der Waals surface area contributed by atoms with Gasteiger partial charge in [0.15, 0.2) is 11.6 Å². The SMILES string of the molecule is Cc1c(C(=O)OCC(O)=C(C#N)c2nc3ccccc3[nH]2)sc2nc(-c3cccs3)cc(C(F)(F)F)c12. The maximum Gasteiger partial charge on any atom is 0.417 e. The second-order valence-corrected chi connectivity index (χ2v) is 9.83. The number of hydrogen-bond acceptors (Lipinski definition) is 8. The maximum absolute atomic E-state index is 13.9. The molecular formula is C25H15F3N4O3S2. The predicted molar refractivity (Wildman–Crippen MR) is 134 cm³/mol. The Morgan fingerprint density at radius 3 is 2.68 bits per heavy atom. The summed E-state index contributed by atoms with van der Waals surface area (Å²) in [4.78, 5) is 24.9. The van der Waals surface area contributed by atoms with E-state index in [9.17, 15) is 28.3 Å². The van der Waals surface area contributed by atoms with E-state index in [2.05, 4.69) is 15.0 Å². The molecule has 0 fully saturated rings. The van der Waals surface area contributed by atoms with Crippen LogP contribution in [0.2, 0.25) is 0 Å². The molecule has 0 saturated carbocycles. The molecule has 0 radical (unpaired) electrons. The Balaban J connectivity index is 1.47. The van der Waals surface area contributed by atoms with Crippen LogP contribution < -0.4 is 0 Å². The van der Waals surface area contributed by atoms with Crippen LogP contribution in [0.15, 0.2) is 53.6 Å². The van der Waals surface area contributed by atoms with Gasteiger partial charge in [0.2, 0.25) is 0 Å². The van der Waals surface area contributed by atoms with Gasteiger partial charge in [-0.05, 0) is 42.1 Å². The Hall–Kier alpha value is -4.21. The summed E-state index contributed by atoms with van der Waals surface area (Å²) in [6, 6.07) is 13.2. The average molecular weight is 541 g/mol. The summed E-state index contributed by atoms with van der Waals surface area (Å²) in [6.07, 6.45) is -4.67. The van der Waals surface area contributed by atoms with E-state index < -0.39 is 30.1 Å². The molecule has 5 aromatic rings. The lowest BCUT2D eigenvalue weighted by Gasteiger charge is -2.10. The fourth-order valence-electron chi connectivity index (χ4n) is 3.81. The lowest BCUT2D eigenvalue weighted by molar-refractivity contribution is -0.136. The van der Waals surface area contributed by atoms with Crippen molar-refractivity contribution in [2.75, 3.05) is 6.61 Å². The van der Waals surface area contributed by atoms with Crippen molar-refractivity contribution in [1.82, 2.24) is 15.0 Å². The van der Waals surface area contributed by atoms with Gasteiger partial charge in [-0.2, -0.15) is 18.4 Å². The number of para-hydroxylation sites is 2. The van der Waals surface area contributed by atoms with E-state index in [4.69, 9.17) is 4.74 Å². The van der Waals surface area contributed by atoms with Crippen molar-refractivity contribution >= 4 is 55.5 Å². The number of H-pyrrole nitrogens is 1. The summed E-state index contributed by atoms with van der Waals surface area (Å²) in [7, 11) is 0. The molecule has 0 saturated heterocycles. The van der Waals surface area contributed by atoms with Crippen LogP contribution >= 0.6 is 22.7 Å². The molecule has 12 heteroatoms. The van der Waals surface area contributed by atoms with E-state index in [1.165, 1.54) is 18.3 Å². The summed E-state index contributed by atoms with van der Waals surface area (Å²) >= 11 is 2.03. The molecule has 0 aliphatic heterocycles. The Labute approximate surface area is 215 Å². The number of esters is 1. The zero-order chi connectivity index (χ0) is 26.3. The van der Waals surface area contributed by atoms with E-state index in [0.717, 1.165) is 17.4 Å². The molecule has 2 N–H and O–H groups in total. The number of aromatic amines is 1. The molecule has 0 aliphatic rings. The number of benzene rings is 1. The molecule has 0 aliphatic carbocycles. The van der Waals surface area contributed by atoms with Gasteiger partial charge in [0.1, 0.15) is 28.0 Å². The highest BCUT2D eigenvalue weighted by molar-refractivity contribution is 7.20. The first-order chi connectivity index (χ1) is 17.7. The summed E-state index contributed by atoms with van der Waals surface area (Å²) in [5.74, 6) is -1.40. The number of aliphatic hydroxyl groups excluding tert-OH is 1. The normalized spacial score (nSPS) is 12.5. The number of nitriles is 1. The first kappa shape index (κ1) is 24.5. The van der Waals surface area contributed by atoms with Gasteiger partial charge in [-0.25, -0.2) is 14.8 Å². The number of halogens is 3. The van der Waals surface area contributed by atoms with E-state index >= 15 is 0 Å². The highest BCUT2D eigenvalue weighted by atomic mass is 32.1. The quantitative estimate of drug-likeness (QED) is 0.143. The summed E-state index contributed by atoms with van der Waals surface area (Å²) in [5.41, 5.74) is 0.327. The highest BCUT2D eigenvalue weighted by Crippen LogP contribution is 2.42. The Bertz CT molecular complexity index is 1690. The van der Waals surface area contributed by atoms with Crippen LogP contribution in [-0.2, 0) is 10.9 Å². The Morgan fingerprint density at radius 2 is 2.00 bits per heavy atom. The van der Waals surface area contributed by atoms with Gasteiger partial charge in [-0.1, -0.05) is 18.2 Å². The molecule has 1 aromatic carbocycles. The number of aryl methyl sites for hydroxylation is 1. The number of imidazole rings is 1. The van der Waals surface area contributed by atoms with Crippen molar-refractivity contribution in [3.05, 3.63) is 75.4 Å². The van der Waals surface area contributed by atoms with Gasteiger partial charge < -0.3 is 14.8 Å². The van der Waals surface area contributed by atoms with E-state index in [1.807, 2.05) is 6.07 Å². The summed E-state index contributed by atoms with van der Waals surface area (Å²) < 4.78 is 47.0. The molecule has 0 bridgehead atoms. The number of carbonyl (C=O) groups excluding carboxylic acids is 1. The van der Waals surface area contributed by atoms with E-state index in [1.54, 1.807) is 41.8 Å². The van der Waals surface area contributed by atoms with Crippen molar-refractivity contribution < 1.29 is 27.8 Å². The molecule has 7 nitrogen and oxygen atoms in total. The number of nitrogens with one attached hydrogen (secondary N) is 1. The molecule has 186 valence electrons. The Morgan fingerprint density at radius 1 is 1.22 bits per heavy atom. The number of hydrogen-bond donors (Lipinski definition) is 2. The third kappa shape index (κ3) is 4.54. The van der Waals surface area contributed by atoms with E-state index in [-0.39, 0.29) is 37.7 Å². The van der Waals surface area contributed by atoms with Gasteiger partial charge >= 0.3 is 12.1 Å². The van der Waals surface area contributed by atoms with Crippen molar-refractivity contribution in [2.24, 2.45) is 0 Å². The number of carbonyl (C=O) groups is 1. The average Bonchev–Trinajstić information content (AvgIpc) is 3.61. The van der Waals surface area contributed by atoms with Crippen LogP contribution in [0.25, 0.3) is 37.4 Å². The smallest absolute Gasteiger partial charge is 0.417 e. The molecule has 4 heterocycles. The Kier molecular flexibility index (Phi) is 6.18. The van der Waals surface area contributed by atoms with Gasteiger partial charge in [0, 0.05) is 5.39 Å². The van der Waals surface area contributed by atoms with Crippen LogP contribution in [0, 0.1) is 18.3 Å². The molecule has 0 amide bonds. The minimum absolute atomic E-state index is 0.0439. The monoisotopic (exact) mass is 540 g/mol. The number of aromatic nitrogens is 3. The van der Waals surface area contributed by atoms with Crippen LogP contribution in [0.3, 0.4) is 0 Å². The van der Waals surface area contributed by atoms with Crippen molar-refractivity contribution in [1.29, 1.82) is 5.26 Å². The first-order valence-corrected chi connectivity index (χ1v) is 12.4. The molecular weight excluding hydrogens is 525 g/mol. The zero-order valence-electron chi connectivity index (χ0n) is 18.9. The third-order valence-corrected chi connectivity index (χ3v) is 7.59. The zero-order valence-corrected chi connectivity index (χ0v) is 20.5. The lowest BCUT2D eigenvalue weighted by Crippen LogP contribution is -2.10. The molecule has 5 rings (SSSR count). The predicted octanol–water partition coefficient (Wildman–Crippen LogP) is 6.88. The molecule has 0 unspecified atom stereocenters. The van der Waals surface area contributed by atoms with Gasteiger partial charge in [0.25, 0.3) is 0 Å². The molecule has 0 atom stereocenters. The van der Waals surface area contributed by atoms with Crippen molar-refractivity contribution in [3.8, 4) is 16.6 Å². The van der Waals surface area contributed by atoms with Gasteiger partial charge in [-0.15, -0.1) is 22.7 Å². The van der Waals surface area contributed by atoms with Gasteiger partial charge in [0.05, 0.1) is 27.2 Å². The van der Waals surface area contributed by atoms with Crippen LogP contribution in [-0.4, -0.2) is 32.6 Å². The van der Waals surface area contributed by atoms with Gasteiger partial charge in [-0.3, -0.25) is 0 Å². The summed E-state index contributed by atoms with van der Waals surface area (Å²) in [6.45, 7) is 0.717. The summed E-state index contributed by atoms with van der Waals surface area (Å²) in [5, 5.41) is 21.5. The number of rotatable bonds is 5. The standard InChI is InChI=1S/C25H15F3N4O3S2/c1-12-20-14(25(26,27)28)9-17(19-7-4-8-36-19)32-23(20)37-21(12)24(34)35-11-18(33)13(10-29)22-30-15-5-2-3-6-16(15)31-22/h2-9,33H,11H2,1H3,(H,30,31).